The van der Waals surface area contributed by atoms with Gasteiger partial charge >= 0.3 is 6.03 Å². The molecule has 33 heavy (non-hydrogen) atoms. The zero-order chi connectivity index (χ0) is 22.8. The average Bonchev–Trinajstić information content (AvgIpc) is 3.38. The Morgan fingerprint density at radius 2 is 1.45 bits per heavy atom. The number of amides is 3. The number of urea groups is 1. The van der Waals surface area contributed by atoms with E-state index in [1.807, 2.05) is 60.7 Å². The Morgan fingerprint density at radius 3 is 2.09 bits per heavy atom. The van der Waals surface area contributed by atoms with Gasteiger partial charge in [0.2, 0.25) is 6.79 Å². The maximum atomic E-state index is 13.6. The lowest BCUT2D eigenvalue weighted by molar-refractivity contribution is -0.131. The van der Waals surface area contributed by atoms with Gasteiger partial charge in [-0.3, -0.25) is 14.5 Å². The zero-order valence-corrected chi connectivity index (χ0v) is 17.8. The molecule has 0 bridgehead atoms. The van der Waals surface area contributed by atoms with Crippen molar-refractivity contribution in [2.75, 3.05) is 13.3 Å². The summed E-state index contributed by atoms with van der Waals surface area (Å²) in [6.45, 7) is -0.253. The van der Waals surface area contributed by atoms with Crippen molar-refractivity contribution in [2.45, 2.75) is 18.4 Å². The molecule has 1 saturated heterocycles. The minimum Gasteiger partial charge on any atom is -0.454 e. The monoisotopic (exact) mass is 442 g/mol. The number of Topliss-reactive ketones (excluding diaryl/α,β-unsaturated/α-hetero) is 1. The summed E-state index contributed by atoms with van der Waals surface area (Å²) in [5.74, 6) is 0.271. The fraction of sp³-hybridized carbons (Fsp3) is 0.192. The van der Waals surface area contributed by atoms with E-state index >= 15 is 0 Å². The van der Waals surface area contributed by atoms with Crippen LogP contribution in [0.5, 0.6) is 11.5 Å². The van der Waals surface area contributed by atoms with E-state index in [9.17, 15) is 14.4 Å². The molecule has 7 heteroatoms. The van der Waals surface area contributed by atoms with E-state index in [1.54, 1.807) is 18.2 Å². The smallest absolute Gasteiger partial charge is 0.325 e. The number of hydrogen-bond acceptors (Lipinski definition) is 5. The summed E-state index contributed by atoms with van der Waals surface area (Å²) in [4.78, 5) is 40.5. The summed E-state index contributed by atoms with van der Waals surface area (Å²) < 4.78 is 10.6. The SMILES string of the molecule is O=C(CN1C(=O)NC(Cc2ccccc2)(Cc2ccccc2)C1=O)c1ccc2c(c1)OCO2. The molecular weight excluding hydrogens is 420 g/mol. The van der Waals surface area contributed by atoms with Crippen molar-refractivity contribution in [3.63, 3.8) is 0 Å². The predicted molar refractivity (Wildman–Crippen MR) is 120 cm³/mol. The molecule has 2 aliphatic heterocycles. The van der Waals surface area contributed by atoms with Gasteiger partial charge in [-0.1, -0.05) is 60.7 Å². The lowest BCUT2D eigenvalue weighted by atomic mass is 9.84. The number of fused-ring (bicyclic) bond motifs is 1. The molecule has 3 aromatic carbocycles. The fourth-order valence-electron chi connectivity index (χ4n) is 4.32. The molecule has 0 saturated carbocycles. The largest absolute Gasteiger partial charge is 0.454 e. The van der Waals surface area contributed by atoms with Crippen LogP contribution in [0.15, 0.2) is 78.9 Å². The van der Waals surface area contributed by atoms with Crippen molar-refractivity contribution in [1.82, 2.24) is 10.2 Å². The summed E-state index contributed by atoms with van der Waals surface area (Å²) in [5, 5.41) is 2.90. The van der Waals surface area contributed by atoms with Crippen LogP contribution in [0.25, 0.3) is 0 Å². The van der Waals surface area contributed by atoms with Crippen LogP contribution < -0.4 is 14.8 Å². The Labute approximate surface area is 190 Å². The predicted octanol–water partition coefficient (Wildman–Crippen LogP) is 3.37. The third-order valence-electron chi connectivity index (χ3n) is 5.94. The minimum absolute atomic E-state index is 0.0987. The maximum Gasteiger partial charge on any atom is 0.325 e. The van der Waals surface area contributed by atoms with Gasteiger partial charge in [-0.2, -0.15) is 0 Å². The summed E-state index contributed by atoms with van der Waals surface area (Å²) in [6, 6.07) is 23.3. The van der Waals surface area contributed by atoms with E-state index in [0.29, 0.717) is 29.9 Å². The number of carbonyl (C=O) groups is 3. The Hall–Kier alpha value is -4.13. The first-order chi connectivity index (χ1) is 16.0. The van der Waals surface area contributed by atoms with E-state index in [-0.39, 0.29) is 19.1 Å². The molecule has 0 radical (unpaired) electrons. The first-order valence-electron chi connectivity index (χ1n) is 10.7. The van der Waals surface area contributed by atoms with Gasteiger partial charge in [0.15, 0.2) is 17.3 Å². The minimum atomic E-state index is -1.17. The molecule has 166 valence electrons. The first-order valence-corrected chi connectivity index (χ1v) is 10.7. The molecule has 5 rings (SSSR count). The molecular formula is C26H22N2O5. The number of rotatable bonds is 7. The van der Waals surface area contributed by atoms with Crippen molar-refractivity contribution in [2.24, 2.45) is 0 Å². The molecule has 2 heterocycles. The third-order valence-corrected chi connectivity index (χ3v) is 5.94. The highest BCUT2D eigenvalue weighted by Crippen LogP contribution is 2.33. The van der Waals surface area contributed by atoms with Crippen LogP contribution in [-0.2, 0) is 17.6 Å². The van der Waals surface area contributed by atoms with Gasteiger partial charge in [-0.15, -0.1) is 0 Å². The van der Waals surface area contributed by atoms with Gasteiger partial charge in [0.05, 0.1) is 6.54 Å². The molecule has 7 nitrogen and oxygen atoms in total. The Bertz CT molecular complexity index is 1170. The van der Waals surface area contributed by atoms with Crippen molar-refractivity contribution in [3.05, 3.63) is 95.6 Å². The van der Waals surface area contributed by atoms with E-state index in [0.717, 1.165) is 16.0 Å². The van der Waals surface area contributed by atoms with Crippen molar-refractivity contribution in [3.8, 4) is 11.5 Å². The van der Waals surface area contributed by atoms with Gasteiger partial charge < -0.3 is 14.8 Å². The van der Waals surface area contributed by atoms with Gasteiger partial charge in [-0.25, -0.2) is 4.79 Å². The molecule has 3 amide bonds. The second-order valence-electron chi connectivity index (χ2n) is 8.22. The van der Waals surface area contributed by atoms with Crippen LogP contribution in [0.2, 0.25) is 0 Å². The molecule has 2 aliphatic rings. The molecule has 0 atom stereocenters. The zero-order valence-electron chi connectivity index (χ0n) is 17.8. The summed E-state index contributed by atoms with van der Waals surface area (Å²) >= 11 is 0. The van der Waals surface area contributed by atoms with Crippen LogP contribution >= 0.6 is 0 Å². The third kappa shape index (κ3) is 4.05. The first kappa shape index (κ1) is 20.8. The number of nitrogens with zero attached hydrogens (tertiary/aromatic N) is 1. The standard InChI is InChI=1S/C26H22N2O5/c29-21(20-11-12-22-23(13-20)33-17-32-22)16-28-24(30)26(27-25(28)31,14-18-7-3-1-4-8-18)15-19-9-5-2-6-10-19/h1-13H,14-17H2,(H,27,31). The molecule has 0 unspecified atom stereocenters. The van der Waals surface area contributed by atoms with Crippen LogP contribution in [0.4, 0.5) is 4.79 Å². The highest BCUT2D eigenvalue weighted by atomic mass is 16.7. The van der Waals surface area contributed by atoms with Gasteiger partial charge in [0, 0.05) is 18.4 Å². The number of hydrogen-bond donors (Lipinski definition) is 1. The summed E-state index contributed by atoms with van der Waals surface area (Å²) in [5.41, 5.74) is 1.02. The number of nitrogens with one attached hydrogen (secondary N) is 1. The molecule has 0 aromatic heterocycles. The topological polar surface area (TPSA) is 84.9 Å². The normalized spacial score (nSPS) is 16.1. The molecule has 0 aliphatic carbocycles. The van der Waals surface area contributed by atoms with Crippen LogP contribution in [0.1, 0.15) is 21.5 Å². The molecule has 1 N–H and O–H groups in total. The van der Waals surface area contributed by atoms with E-state index < -0.39 is 17.5 Å². The number of ketones is 1. The number of ether oxygens (including phenoxy) is 2. The second-order valence-corrected chi connectivity index (χ2v) is 8.22. The highest BCUT2D eigenvalue weighted by molar-refractivity contribution is 6.11. The maximum absolute atomic E-state index is 13.6. The summed E-state index contributed by atoms with van der Waals surface area (Å²) in [6.07, 6.45) is 0.643. The summed E-state index contributed by atoms with van der Waals surface area (Å²) in [7, 11) is 0. The van der Waals surface area contributed by atoms with Crippen LogP contribution in [0, 0.1) is 0 Å². The second kappa shape index (κ2) is 8.43. The average molecular weight is 442 g/mol. The number of carbonyl (C=O) groups excluding carboxylic acids is 3. The van der Waals surface area contributed by atoms with Gasteiger partial charge in [0.1, 0.15) is 5.54 Å². The Balaban J connectivity index is 1.41. The lowest BCUT2D eigenvalue weighted by Gasteiger charge is -2.27. The van der Waals surface area contributed by atoms with Crippen LogP contribution in [-0.4, -0.2) is 41.5 Å². The van der Waals surface area contributed by atoms with Gasteiger partial charge in [-0.05, 0) is 29.3 Å². The van der Waals surface area contributed by atoms with Gasteiger partial charge in [0.25, 0.3) is 5.91 Å². The molecule has 3 aromatic rings. The quantitative estimate of drug-likeness (QED) is 0.448. The highest BCUT2D eigenvalue weighted by Gasteiger charge is 2.51. The van der Waals surface area contributed by atoms with E-state index in [4.69, 9.17) is 9.47 Å². The van der Waals surface area contributed by atoms with Crippen molar-refractivity contribution in [1.29, 1.82) is 0 Å². The fourth-order valence-corrected chi connectivity index (χ4v) is 4.32. The Kier molecular flexibility index (Phi) is 5.30. The van der Waals surface area contributed by atoms with Crippen molar-refractivity contribution >= 4 is 17.7 Å². The lowest BCUT2D eigenvalue weighted by Crippen LogP contribution is -2.51. The molecule has 0 spiro atoms. The number of benzene rings is 3. The Morgan fingerprint density at radius 1 is 0.848 bits per heavy atom. The van der Waals surface area contributed by atoms with Crippen LogP contribution in [0.3, 0.4) is 0 Å². The van der Waals surface area contributed by atoms with E-state index in [1.165, 1.54) is 0 Å². The van der Waals surface area contributed by atoms with E-state index in [2.05, 4.69) is 5.32 Å². The molecule has 1 fully saturated rings. The number of imide groups is 1. The van der Waals surface area contributed by atoms with Crippen molar-refractivity contribution < 1.29 is 23.9 Å².